The van der Waals surface area contributed by atoms with Gasteiger partial charge in [0, 0.05) is 19.1 Å². The number of carbonyl (C=O) groups excluding carboxylic acids is 1. The van der Waals surface area contributed by atoms with Crippen LogP contribution in [0.5, 0.6) is 0 Å². The lowest BCUT2D eigenvalue weighted by Crippen LogP contribution is -2.60. The maximum absolute atomic E-state index is 11.5. The van der Waals surface area contributed by atoms with Gasteiger partial charge in [0.2, 0.25) is 5.91 Å². The molecule has 2 N–H and O–H groups in total. The van der Waals surface area contributed by atoms with Crippen LogP contribution in [0.25, 0.3) is 0 Å². The molecule has 0 aromatic carbocycles. The number of nitrogens with one attached hydrogen (secondary N) is 2. The van der Waals surface area contributed by atoms with Crippen LogP contribution < -0.4 is 10.6 Å². The summed E-state index contributed by atoms with van der Waals surface area (Å²) in [6.45, 7) is 4.12. The van der Waals surface area contributed by atoms with Crippen molar-refractivity contribution in [2.75, 3.05) is 26.7 Å². The Balaban J connectivity index is 2.34. The van der Waals surface area contributed by atoms with Gasteiger partial charge in [-0.15, -0.1) is 6.42 Å². The molecule has 14 heavy (non-hydrogen) atoms. The van der Waals surface area contributed by atoms with E-state index in [4.69, 9.17) is 6.42 Å². The zero-order valence-electron chi connectivity index (χ0n) is 8.71. The average Bonchev–Trinajstić information content (AvgIpc) is 2.10. The molecule has 1 rings (SSSR count). The highest BCUT2D eigenvalue weighted by Crippen LogP contribution is 2.06. The summed E-state index contributed by atoms with van der Waals surface area (Å²) in [6, 6.07) is 0.358. The molecule has 1 atom stereocenters. The summed E-state index contributed by atoms with van der Waals surface area (Å²) < 4.78 is 0. The van der Waals surface area contributed by atoms with Crippen molar-refractivity contribution in [3.63, 3.8) is 0 Å². The van der Waals surface area contributed by atoms with Crippen molar-refractivity contribution < 1.29 is 4.79 Å². The molecule has 1 aliphatic rings. The summed E-state index contributed by atoms with van der Waals surface area (Å²) in [5.41, 5.74) is 0. The first-order valence-electron chi connectivity index (χ1n) is 4.80. The van der Waals surface area contributed by atoms with E-state index in [2.05, 4.69) is 21.5 Å². The van der Waals surface area contributed by atoms with Crippen LogP contribution in [0.3, 0.4) is 0 Å². The molecule has 0 radical (unpaired) electrons. The lowest BCUT2D eigenvalue weighted by molar-refractivity contribution is -0.126. The summed E-state index contributed by atoms with van der Waals surface area (Å²) in [5, 5.41) is 5.85. The number of carbonyl (C=O) groups is 1. The molecule has 0 spiro atoms. The van der Waals surface area contributed by atoms with E-state index in [9.17, 15) is 4.79 Å². The van der Waals surface area contributed by atoms with Gasteiger partial charge in [-0.05, 0) is 14.0 Å². The fraction of sp³-hybridized carbons (Fsp3) is 0.700. The van der Waals surface area contributed by atoms with Gasteiger partial charge in [-0.2, -0.15) is 0 Å². The number of hydrogen-bond acceptors (Lipinski definition) is 3. The van der Waals surface area contributed by atoms with Crippen molar-refractivity contribution in [3.05, 3.63) is 0 Å². The molecule has 1 heterocycles. The molecule has 0 aliphatic carbocycles. The smallest absolute Gasteiger partial charge is 0.237 e. The Labute approximate surface area is 85.0 Å². The van der Waals surface area contributed by atoms with E-state index in [-0.39, 0.29) is 11.9 Å². The Kier molecular flexibility index (Phi) is 3.93. The van der Waals surface area contributed by atoms with Crippen molar-refractivity contribution >= 4 is 5.91 Å². The van der Waals surface area contributed by atoms with Crippen LogP contribution in [0.2, 0.25) is 0 Å². The van der Waals surface area contributed by atoms with E-state index in [1.54, 1.807) is 0 Å². The second-order valence-corrected chi connectivity index (χ2v) is 3.58. The van der Waals surface area contributed by atoms with Gasteiger partial charge >= 0.3 is 0 Å². The Hall–Kier alpha value is -1.05. The highest BCUT2D eigenvalue weighted by Gasteiger charge is 2.28. The van der Waals surface area contributed by atoms with Crippen LogP contribution in [0.15, 0.2) is 0 Å². The van der Waals surface area contributed by atoms with E-state index in [1.165, 1.54) is 0 Å². The molecule has 0 bridgehead atoms. The van der Waals surface area contributed by atoms with E-state index in [0.29, 0.717) is 12.6 Å². The Morgan fingerprint density at radius 2 is 2.43 bits per heavy atom. The summed E-state index contributed by atoms with van der Waals surface area (Å²) >= 11 is 0. The third-order valence-electron chi connectivity index (χ3n) is 2.69. The van der Waals surface area contributed by atoms with Crippen LogP contribution in [-0.4, -0.2) is 49.6 Å². The number of amides is 1. The fourth-order valence-electron chi connectivity index (χ4n) is 1.35. The van der Waals surface area contributed by atoms with Gasteiger partial charge in [-0.3, -0.25) is 9.69 Å². The highest BCUT2D eigenvalue weighted by atomic mass is 16.2. The number of nitrogens with zero attached hydrogens (tertiary/aromatic N) is 1. The van der Waals surface area contributed by atoms with Crippen LogP contribution in [-0.2, 0) is 4.79 Å². The minimum atomic E-state index is -0.115. The second-order valence-electron chi connectivity index (χ2n) is 3.58. The van der Waals surface area contributed by atoms with Crippen LogP contribution in [0, 0.1) is 12.3 Å². The molecule has 0 saturated carbocycles. The molecule has 1 saturated heterocycles. The molecule has 1 aliphatic heterocycles. The summed E-state index contributed by atoms with van der Waals surface area (Å²) in [5.74, 6) is 2.38. The predicted octanol–water partition coefficient (Wildman–Crippen LogP) is -0.972. The van der Waals surface area contributed by atoms with Crippen LogP contribution in [0.4, 0.5) is 0 Å². The number of rotatable bonds is 4. The van der Waals surface area contributed by atoms with E-state index >= 15 is 0 Å². The molecule has 78 valence electrons. The summed E-state index contributed by atoms with van der Waals surface area (Å²) in [6.07, 6.45) is 5.06. The average molecular weight is 195 g/mol. The highest BCUT2D eigenvalue weighted by molar-refractivity contribution is 5.81. The van der Waals surface area contributed by atoms with Crippen molar-refractivity contribution in [1.29, 1.82) is 0 Å². The van der Waals surface area contributed by atoms with E-state index in [1.807, 2.05) is 14.0 Å². The van der Waals surface area contributed by atoms with Gasteiger partial charge in [0.05, 0.1) is 12.6 Å². The van der Waals surface area contributed by atoms with Crippen LogP contribution >= 0.6 is 0 Å². The quantitative estimate of drug-likeness (QED) is 0.567. The van der Waals surface area contributed by atoms with Gasteiger partial charge in [0.25, 0.3) is 0 Å². The fourth-order valence-corrected chi connectivity index (χ4v) is 1.35. The second kappa shape index (κ2) is 4.99. The van der Waals surface area contributed by atoms with E-state index in [0.717, 1.165) is 13.1 Å². The van der Waals surface area contributed by atoms with Crippen LogP contribution in [0.1, 0.15) is 6.92 Å². The molecular formula is C10H17N3O. The lowest BCUT2D eigenvalue weighted by Gasteiger charge is -2.38. The Morgan fingerprint density at radius 1 is 1.79 bits per heavy atom. The summed E-state index contributed by atoms with van der Waals surface area (Å²) in [4.78, 5) is 13.6. The minimum absolute atomic E-state index is 0.00245. The molecule has 1 amide bonds. The van der Waals surface area contributed by atoms with Gasteiger partial charge < -0.3 is 10.6 Å². The van der Waals surface area contributed by atoms with Crippen molar-refractivity contribution in [2.24, 2.45) is 0 Å². The molecule has 4 heteroatoms. The van der Waals surface area contributed by atoms with E-state index < -0.39 is 0 Å². The molecule has 0 aromatic heterocycles. The third-order valence-corrected chi connectivity index (χ3v) is 2.69. The summed E-state index contributed by atoms with van der Waals surface area (Å²) in [7, 11) is 1.96. The van der Waals surface area contributed by atoms with Gasteiger partial charge in [-0.1, -0.05) is 5.92 Å². The minimum Gasteiger partial charge on any atom is -0.344 e. The molecule has 1 fully saturated rings. The number of hydrogen-bond donors (Lipinski definition) is 2. The number of terminal acetylenes is 1. The molecule has 0 aromatic rings. The topological polar surface area (TPSA) is 44.4 Å². The normalized spacial score (nSPS) is 18.4. The van der Waals surface area contributed by atoms with Crippen molar-refractivity contribution in [3.8, 4) is 12.3 Å². The SMILES string of the molecule is C#CCNC(=O)C(C)N(C)C1CNC1. The van der Waals surface area contributed by atoms with Gasteiger partial charge in [0.1, 0.15) is 0 Å². The van der Waals surface area contributed by atoms with Crippen molar-refractivity contribution in [2.45, 2.75) is 19.0 Å². The standard InChI is InChI=1S/C10H17N3O/c1-4-5-12-10(14)8(2)13(3)9-6-11-7-9/h1,8-9,11H,5-7H2,2-3H3,(H,12,14). The third kappa shape index (κ3) is 2.47. The Morgan fingerprint density at radius 3 is 2.86 bits per heavy atom. The first-order chi connectivity index (χ1) is 6.66. The van der Waals surface area contributed by atoms with Gasteiger partial charge in [-0.25, -0.2) is 0 Å². The number of likely N-dealkylation sites (N-methyl/N-ethyl adjacent to an activating group) is 1. The van der Waals surface area contributed by atoms with Gasteiger partial charge in [0.15, 0.2) is 0 Å². The zero-order valence-corrected chi connectivity index (χ0v) is 8.71. The monoisotopic (exact) mass is 195 g/mol. The maximum Gasteiger partial charge on any atom is 0.237 e. The largest absolute Gasteiger partial charge is 0.344 e. The zero-order chi connectivity index (χ0) is 10.6. The molecule has 4 nitrogen and oxygen atoms in total. The molecular weight excluding hydrogens is 178 g/mol. The predicted molar refractivity (Wildman–Crippen MR) is 55.7 cm³/mol. The molecule has 1 unspecified atom stereocenters. The Bertz CT molecular complexity index is 242. The maximum atomic E-state index is 11.5. The lowest BCUT2D eigenvalue weighted by atomic mass is 10.1. The first kappa shape index (κ1) is 11.0. The van der Waals surface area contributed by atoms with Crippen molar-refractivity contribution in [1.82, 2.24) is 15.5 Å². The first-order valence-corrected chi connectivity index (χ1v) is 4.80.